The molecule has 4 heteroatoms. The second-order valence-corrected chi connectivity index (χ2v) is 5.25. The quantitative estimate of drug-likeness (QED) is 0.538. The fraction of sp³-hybridized carbons (Fsp3) is 0.714. The van der Waals surface area contributed by atoms with Crippen molar-refractivity contribution < 1.29 is 19.1 Å². The van der Waals surface area contributed by atoms with Gasteiger partial charge in [-0.15, -0.1) is 6.42 Å². The van der Waals surface area contributed by atoms with Crippen LogP contribution in [0.3, 0.4) is 0 Å². The average Bonchev–Trinajstić information content (AvgIpc) is 2.33. The Hall–Kier alpha value is -1.50. The molecule has 0 rings (SSSR count). The fourth-order valence-corrected chi connectivity index (χ4v) is 1.94. The molecule has 0 heterocycles. The van der Waals surface area contributed by atoms with Gasteiger partial charge in [0, 0.05) is 0 Å². The third-order valence-electron chi connectivity index (χ3n) is 3.13. The maximum absolute atomic E-state index is 11.9. The molecule has 0 N–H and O–H groups in total. The topological polar surface area (TPSA) is 52.6 Å². The smallest absolute Gasteiger partial charge is 0.312 e. The third kappa shape index (κ3) is 4.06. The van der Waals surface area contributed by atoms with Crippen LogP contribution in [-0.2, 0) is 19.1 Å². The second-order valence-electron chi connectivity index (χ2n) is 5.25. The molecule has 0 saturated carbocycles. The highest BCUT2D eigenvalue weighted by atomic mass is 16.5. The number of hydrogen-bond acceptors (Lipinski definition) is 4. The molecule has 1 atom stereocenters. The number of methoxy groups -OCH3 is 1. The van der Waals surface area contributed by atoms with Gasteiger partial charge in [-0.05, 0) is 33.6 Å². The van der Waals surface area contributed by atoms with Crippen LogP contribution in [0.2, 0.25) is 0 Å². The summed E-state index contributed by atoms with van der Waals surface area (Å²) in [5.74, 6) is 1.53. The SMILES string of the molecule is C#CCOC(=O)C(C)(C)CC(C)(CC)C(=O)OC. The van der Waals surface area contributed by atoms with Crippen LogP contribution in [0, 0.1) is 23.2 Å². The summed E-state index contributed by atoms with van der Waals surface area (Å²) in [6.45, 7) is 7.10. The van der Waals surface area contributed by atoms with Gasteiger partial charge in [-0.25, -0.2) is 0 Å². The maximum atomic E-state index is 11.9. The Kier molecular flexibility index (Phi) is 5.90. The average molecular weight is 254 g/mol. The summed E-state index contributed by atoms with van der Waals surface area (Å²) < 4.78 is 9.72. The number of rotatable bonds is 6. The molecular formula is C14H22O4. The Balaban J connectivity index is 4.88. The summed E-state index contributed by atoms with van der Waals surface area (Å²) in [6.07, 6.45) is 5.98. The lowest BCUT2D eigenvalue weighted by molar-refractivity contribution is -0.160. The molecule has 0 amide bonds. The maximum Gasteiger partial charge on any atom is 0.312 e. The molecule has 0 aromatic heterocycles. The molecule has 18 heavy (non-hydrogen) atoms. The first-order valence-corrected chi connectivity index (χ1v) is 5.92. The van der Waals surface area contributed by atoms with Crippen LogP contribution in [-0.4, -0.2) is 25.7 Å². The van der Waals surface area contributed by atoms with E-state index in [4.69, 9.17) is 15.9 Å². The summed E-state index contributed by atoms with van der Waals surface area (Å²) in [5, 5.41) is 0. The molecule has 0 aliphatic heterocycles. The zero-order valence-corrected chi connectivity index (χ0v) is 11.8. The van der Waals surface area contributed by atoms with Crippen LogP contribution in [0.5, 0.6) is 0 Å². The third-order valence-corrected chi connectivity index (χ3v) is 3.13. The molecule has 0 spiro atoms. The number of hydrogen-bond donors (Lipinski definition) is 0. The van der Waals surface area contributed by atoms with Crippen LogP contribution in [0.1, 0.15) is 40.5 Å². The molecule has 0 aliphatic rings. The van der Waals surface area contributed by atoms with Crippen molar-refractivity contribution in [2.45, 2.75) is 40.5 Å². The van der Waals surface area contributed by atoms with Crippen molar-refractivity contribution in [1.29, 1.82) is 0 Å². The monoisotopic (exact) mass is 254 g/mol. The lowest BCUT2D eigenvalue weighted by atomic mass is 9.72. The highest BCUT2D eigenvalue weighted by Crippen LogP contribution is 2.38. The van der Waals surface area contributed by atoms with E-state index in [2.05, 4.69) is 5.92 Å². The summed E-state index contributed by atoms with van der Waals surface area (Å²) in [4.78, 5) is 23.6. The Morgan fingerprint density at radius 2 is 1.78 bits per heavy atom. The minimum absolute atomic E-state index is 0.0523. The summed E-state index contributed by atoms with van der Waals surface area (Å²) >= 11 is 0. The molecule has 0 fully saturated rings. The van der Waals surface area contributed by atoms with Crippen LogP contribution >= 0.6 is 0 Å². The van der Waals surface area contributed by atoms with Gasteiger partial charge >= 0.3 is 11.9 Å². The standard InChI is InChI=1S/C14H22O4/c1-7-9-18-11(15)13(3,4)10-14(5,8-2)12(16)17-6/h1H,8-10H2,2-6H3. The predicted octanol–water partition coefficient (Wildman–Crippen LogP) is 2.17. The molecule has 4 nitrogen and oxygen atoms in total. The van der Waals surface area contributed by atoms with Crippen molar-refractivity contribution in [3.63, 3.8) is 0 Å². The Labute approximate surface area is 109 Å². The number of terminal acetylenes is 1. The fourth-order valence-electron chi connectivity index (χ4n) is 1.94. The van der Waals surface area contributed by atoms with E-state index in [-0.39, 0.29) is 12.6 Å². The van der Waals surface area contributed by atoms with Crippen molar-refractivity contribution in [3.05, 3.63) is 0 Å². The van der Waals surface area contributed by atoms with Crippen molar-refractivity contribution in [2.24, 2.45) is 10.8 Å². The van der Waals surface area contributed by atoms with Gasteiger partial charge in [0.05, 0.1) is 17.9 Å². The first-order valence-electron chi connectivity index (χ1n) is 5.92. The molecule has 0 saturated heterocycles. The van der Waals surface area contributed by atoms with Crippen LogP contribution < -0.4 is 0 Å². The first kappa shape index (κ1) is 16.5. The van der Waals surface area contributed by atoms with E-state index in [9.17, 15) is 9.59 Å². The normalized spacial score (nSPS) is 14.2. The van der Waals surface area contributed by atoms with E-state index in [1.165, 1.54) is 7.11 Å². The van der Waals surface area contributed by atoms with Crippen LogP contribution in [0.15, 0.2) is 0 Å². The molecule has 0 bridgehead atoms. The number of ether oxygens (including phenoxy) is 2. The van der Waals surface area contributed by atoms with Crippen molar-refractivity contribution >= 4 is 11.9 Å². The largest absolute Gasteiger partial charge is 0.469 e. The van der Waals surface area contributed by atoms with E-state index in [1.807, 2.05) is 6.92 Å². The van der Waals surface area contributed by atoms with Gasteiger partial charge in [0.15, 0.2) is 6.61 Å². The molecule has 0 radical (unpaired) electrons. The molecule has 0 aromatic rings. The Morgan fingerprint density at radius 3 is 2.17 bits per heavy atom. The van der Waals surface area contributed by atoms with E-state index < -0.39 is 16.8 Å². The van der Waals surface area contributed by atoms with Gasteiger partial charge in [-0.3, -0.25) is 9.59 Å². The molecule has 0 aliphatic carbocycles. The zero-order chi connectivity index (χ0) is 14.4. The van der Waals surface area contributed by atoms with Gasteiger partial charge in [-0.2, -0.15) is 0 Å². The summed E-state index contributed by atoms with van der Waals surface area (Å²) in [6, 6.07) is 0. The van der Waals surface area contributed by atoms with Crippen molar-refractivity contribution in [2.75, 3.05) is 13.7 Å². The highest BCUT2D eigenvalue weighted by molar-refractivity contribution is 5.80. The first-order chi connectivity index (χ1) is 8.23. The Bertz CT molecular complexity index is 351. The lowest BCUT2D eigenvalue weighted by Crippen LogP contribution is -2.38. The van der Waals surface area contributed by atoms with Crippen LogP contribution in [0.25, 0.3) is 0 Å². The highest BCUT2D eigenvalue weighted by Gasteiger charge is 2.42. The Morgan fingerprint density at radius 1 is 1.22 bits per heavy atom. The number of carbonyl (C=O) groups is 2. The number of carbonyl (C=O) groups excluding carboxylic acids is 2. The minimum atomic E-state index is -0.782. The van der Waals surface area contributed by atoms with Gasteiger partial charge in [0.25, 0.3) is 0 Å². The van der Waals surface area contributed by atoms with E-state index in [1.54, 1.807) is 20.8 Å². The van der Waals surface area contributed by atoms with E-state index >= 15 is 0 Å². The van der Waals surface area contributed by atoms with Gasteiger partial charge in [0.1, 0.15) is 0 Å². The van der Waals surface area contributed by atoms with Crippen LogP contribution in [0.4, 0.5) is 0 Å². The molecule has 0 aromatic carbocycles. The summed E-state index contributed by atoms with van der Waals surface area (Å²) in [7, 11) is 1.35. The summed E-state index contributed by atoms with van der Waals surface area (Å²) in [5.41, 5.74) is -1.48. The van der Waals surface area contributed by atoms with E-state index in [0.29, 0.717) is 12.8 Å². The van der Waals surface area contributed by atoms with Crippen molar-refractivity contribution in [3.8, 4) is 12.3 Å². The zero-order valence-electron chi connectivity index (χ0n) is 11.8. The molecule has 1 unspecified atom stereocenters. The molecular weight excluding hydrogens is 232 g/mol. The van der Waals surface area contributed by atoms with E-state index in [0.717, 1.165) is 0 Å². The minimum Gasteiger partial charge on any atom is -0.469 e. The molecule has 102 valence electrons. The second kappa shape index (κ2) is 6.44. The number of esters is 2. The lowest BCUT2D eigenvalue weighted by Gasteiger charge is -2.33. The predicted molar refractivity (Wildman–Crippen MR) is 68.6 cm³/mol. The van der Waals surface area contributed by atoms with Gasteiger partial charge < -0.3 is 9.47 Å². The van der Waals surface area contributed by atoms with Crippen molar-refractivity contribution in [1.82, 2.24) is 0 Å². The van der Waals surface area contributed by atoms with Gasteiger partial charge in [-0.1, -0.05) is 12.8 Å². The van der Waals surface area contributed by atoms with Gasteiger partial charge in [0.2, 0.25) is 0 Å².